The number of nitrogens with zero attached hydrogens (tertiary/aromatic N) is 1. The summed E-state index contributed by atoms with van der Waals surface area (Å²) in [7, 11) is 4.25. The molecule has 0 bridgehead atoms. The number of thiophene rings is 1. The predicted octanol–water partition coefficient (Wildman–Crippen LogP) is 2.73. The molecule has 0 spiro atoms. The number of rotatable bonds is 7. The molecule has 1 aromatic heterocycles. The van der Waals surface area contributed by atoms with Gasteiger partial charge >= 0.3 is 0 Å². The molecule has 0 amide bonds. The lowest BCUT2D eigenvalue weighted by atomic mass is 10.1. The van der Waals surface area contributed by atoms with E-state index in [-0.39, 0.29) is 0 Å². The Morgan fingerprint density at radius 1 is 1.50 bits per heavy atom. The van der Waals surface area contributed by atoms with Crippen molar-refractivity contribution in [2.45, 2.75) is 26.8 Å². The highest BCUT2D eigenvalue weighted by molar-refractivity contribution is 7.10. The minimum atomic E-state index is 0.760. The molecular weight excluding hydrogens is 216 g/mol. The molecule has 1 heterocycles. The van der Waals surface area contributed by atoms with Crippen LogP contribution in [0.5, 0.6) is 0 Å². The maximum Gasteiger partial charge on any atom is 0.0327 e. The van der Waals surface area contributed by atoms with E-state index in [1.807, 2.05) is 18.4 Å². The van der Waals surface area contributed by atoms with Crippen molar-refractivity contribution in [3.05, 3.63) is 21.9 Å². The predicted molar refractivity (Wildman–Crippen MR) is 73.1 cm³/mol. The van der Waals surface area contributed by atoms with Crippen molar-refractivity contribution < 1.29 is 0 Å². The van der Waals surface area contributed by atoms with Gasteiger partial charge in [-0.1, -0.05) is 13.3 Å². The average molecular weight is 240 g/mol. The van der Waals surface area contributed by atoms with Crippen LogP contribution >= 0.6 is 11.3 Å². The summed E-state index contributed by atoms with van der Waals surface area (Å²) < 4.78 is 0. The number of hydrogen-bond donors (Lipinski definition) is 1. The van der Waals surface area contributed by atoms with Crippen LogP contribution in [-0.2, 0) is 6.54 Å². The Hall–Kier alpha value is -0.380. The zero-order valence-corrected chi connectivity index (χ0v) is 11.7. The van der Waals surface area contributed by atoms with Crippen LogP contribution in [0.15, 0.2) is 11.4 Å². The van der Waals surface area contributed by atoms with Gasteiger partial charge in [0, 0.05) is 18.0 Å². The zero-order chi connectivity index (χ0) is 12.0. The molecule has 0 fully saturated rings. The maximum atomic E-state index is 3.27. The molecule has 2 nitrogen and oxygen atoms in total. The molecule has 0 aliphatic rings. The molecule has 1 unspecified atom stereocenters. The first kappa shape index (κ1) is 13.7. The van der Waals surface area contributed by atoms with Crippen molar-refractivity contribution in [3.63, 3.8) is 0 Å². The number of hydrogen-bond acceptors (Lipinski definition) is 3. The average Bonchev–Trinajstić information content (AvgIpc) is 2.64. The van der Waals surface area contributed by atoms with Crippen molar-refractivity contribution in [1.82, 2.24) is 10.2 Å². The quantitative estimate of drug-likeness (QED) is 0.788. The minimum absolute atomic E-state index is 0.760. The highest BCUT2D eigenvalue weighted by Crippen LogP contribution is 2.17. The zero-order valence-electron chi connectivity index (χ0n) is 10.9. The molecule has 0 radical (unpaired) electrons. The van der Waals surface area contributed by atoms with Gasteiger partial charge in [0.2, 0.25) is 0 Å². The molecule has 0 saturated heterocycles. The minimum Gasteiger partial charge on any atom is -0.319 e. The first-order chi connectivity index (χ1) is 7.67. The van der Waals surface area contributed by atoms with Crippen LogP contribution in [0, 0.1) is 12.8 Å². The van der Waals surface area contributed by atoms with Crippen LogP contribution in [-0.4, -0.2) is 32.1 Å². The summed E-state index contributed by atoms with van der Waals surface area (Å²) >= 11 is 1.87. The van der Waals surface area contributed by atoms with Gasteiger partial charge in [-0.3, -0.25) is 0 Å². The Morgan fingerprint density at radius 2 is 2.25 bits per heavy atom. The van der Waals surface area contributed by atoms with Crippen molar-refractivity contribution >= 4 is 11.3 Å². The number of aryl methyl sites for hydroxylation is 1. The summed E-state index contributed by atoms with van der Waals surface area (Å²) in [5.41, 5.74) is 1.43. The van der Waals surface area contributed by atoms with Gasteiger partial charge in [0.15, 0.2) is 0 Å². The molecule has 16 heavy (non-hydrogen) atoms. The molecule has 1 rings (SSSR count). The molecule has 3 heteroatoms. The van der Waals surface area contributed by atoms with E-state index in [9.17, 15) is 0 Å². The smallest absolute Gasteiger partial charge is 0.0327 e. The lowest BCUT2D eigenvalue weighted by molar-refractivity contribution is 0.263. The molecule has 0 aromatic carbocycles. The van der Waals surface area contributed by atoms with E-state index in [0.717, 1.165) is 19.0 Å². The first-order valence-electron chi connectivity index (χ1n) is 6.03. The summed E-state index contributed by atoms with van der Waals surface area (Å²) in [6, 6.07) is 2.21. The second-order valence-electron chi connectivity index (χ2n) is 4.56. The molecule has 1 N–H and O–H groups in total. The summed E-state index contributed by atoms with van der Waals surface area (Å²) in [4.78, 5) is 3.94. The lowest BCUT2D eigenvalue weighted by Gasteiger charge is -2.22. The van der Waals surface area contributed by atoms with Crippen LogP contribution < -0.4 is 5.32 Å². The van der Waals surface area contributed by atoms with Crippen LogP contribution in [0.1, 0.15) is 23.8 Å². The van der Waals surface area contributed by atoms with Gasteiger partial charge in [0.05, 0.1) is 0 Å². The summed E-state index contributed by atoms with van der Waals surface area (Å²) in [6.45, 7) is 7.85. The van der Waals surface area contributed by atoms with Crippen molar-refractivity contribution in [1.29, 1.82) is 0 Å². The summed E-state index contributed by atoms with van der Waals surface area (Å²) in [5.74, 6) is 0.760. The van der Waals surface area contributed by atoms with Crippen molar-refractivity contribution in [2.75, 3.05) is 27.2 Å². The molecule has 1 atom stereocenters. The standard InChI is InChI=1S/C13H24N2S/c1-5-12(8-14-3)9-15(4)10-13-11(2)6-7-16-13/h6-7,12,14H,5,8-10H2,1-4H3. The highest BCUT2D eigenvalue weighted by atomic mass is 32.1. The lowest BCUT2D eigenvalue weighted by Crippen LogP contribution is -2.30. The van der Waals surface area contributed by atoms with Gasteiger partial charge in [-0.2, -0.15) is 0 Å². The van der Waals surface area contributed by atoms with Crippen LogP contribution in [0.25, 0.3) is 0 Å². The molecule has 0 aliphatic carbocycles. The summed E-state index contributed by atoms with van der Waals surface area (Å²) in [5, 5.41) is 5.45. The van der Waals surface area contributed by atoms with Gasteiger partial charge in [0.1, 0.15) is 0 Å². The maximum absolute atomic E-state index is 3.27. The van der Waals surface area contributed by atoms with Crippen molar-refractivity contribution in [3.8, 4) is 0 Å². The summed E-state index contributed by atoms with van der Waals surface area (Å²) in [6.07, 6.45) is 1.24. The molecule has 0 saturated carbocycles. The van der Waals surface area contributed by atoms with E-state index < -0.39 is 0 Å². The van der Waals surface area contributed by atoms with E-state index in [0.29, 0.717) is 0 Å². The third kappa shape index (κ3) is 4.24. The normalized spacial score (nSPS) is 13.3. The molecular formula is C13H24N2S. The van der Waals surface area contributed by atoms with Gasteiger partial charge in [-0.15, -0.1) is 11.3 Å². The van der Waals surface area contributed by atoms with E-state index >= 15 is 0 Å². The second-order valence-corrected chi connectivity index (χ2v) is 5.56. The third-order valence-corrected chi connectivity index (χ3v) is 4.03. The van der Waals surface area contributed by atoms with Crippen LogP contribution in [0.3, 0.4) is 0 Å². The Kier molecular flexibility index (Phi) is 6.03. The van der Waals surface area contributed by atoms with E-state index in [4.69, 9.17) is 0 Å². The van der Waals surface area contributed by atoms with Crippen LogP contribution in [0.2, 0.25) is 0 Å². The van der Waals surface area contributed by atoms with Gasteiger partial charge < -0.3 is 10.2 Å². The van der Waals surface area contributed by atoms with E-state index in [2.05, 4.69) is 42.6 Å². The number of nitrogens with one attached hydrogen (secondary N) is 1. The molecule has 92 valence electrons. The van der Waals surface area contributed by atoms with E-state index in [1.165, 1.54) is 23.4 Å². The van der Waals surface area contributed by atoms with Gasteiger partial charge in [-0.05, 0) is 50.5 Å². The fourth-order valence-corrected chi connectivity index (χ4v) is 2.93. The highest BCUT2D eigenvalue weighted by Gasteiger charge is 2.10. The molecule has 0 aliphatic heterocycles. The Bertz CT molecular complexity index is 296. The third-order valence-electron chi connectivity index (χ3n) is 3.02. The van der Waals surface area contributed by atoms with Gasteiger partial charge in [0.25, 0.3) is 0 Å². The molecule has 1 aromatic rings. The largest absolute Gasteiger partial charge is 0.319 e. The fraction of sp³-hybridized carbons (Fsp3) is 0.692. The SMILES string of the molecule is CCC(CNC)CN(C)Cc1sccc1C. The van der Waals surface area contributed by atoms with E-state index in [1.54, 1.807) is 0 Å². The van der Waals surface area contributed by atoms with Crippen molar-refractivity contribution in [2.24, 2.45) is 5.92 Å². The Labute approximate surface area is 104 Å². The monoisotopic (exact) mass is 240 g/mol. The van der Waals surface area contributed by atoms with Crippen LogP contribution in [0.4, 0.5) is 0 Å². The Morgan fingerprint density at radius 3 is 2.75 bits per heavy atom. The Balaban J connectivity index is 2.40. The topological polar surface area (TPSA) is 15.3 Å². The second kappa shape index (κ2) is 7.05. The first-order valence-corrected chi connectivity index (χ1v) is 6.91. The fourth-order valence-electron chi connectivity index (χ4n) is 1.94. The van der Waals surface area contributed by atoms with Gasteiger partial charge in [-0.25, -0.2) is 0 Å².